The highest BCUT2D eigenvalue weighted by atomic mass is 16.5. The Hall–Kier alpha value is -2.57. The number of nitrogens with zero attached hydrogens (tertiary/aromatic N) is 2. The third-order valence-electron chi connectivity index (χ3n) is 2.54. The molecular weight excluding hydrogens is 262 g/mol. The summed E-state index contributed by atoms with van der Waals surface area (Å²) in [7, 11) is 2.99. The van der Waals surface area contributed by atoms with Gasteiger partial charge in [-0.05, 0) is 19.1 Å². The van der Waals surface area contributed by atoms with Crippen LogP contribution in [0.5, 0.6) is 11.6 Å². The second-order valence-corrected chi connectivity index (χ2v) is 3.75. The first-order valence-corrected chi connectivity index (χ1v) is 6.02. The third-order valence-corrected chi connectivity index (χ3v) is 2.54. The van der Waals surface area contributed by atoms with E-state index in [9.17, 15) is 4.79 Å². The van der Waals surface area contributed by atoms with Gasteiger partial charge in [0.05, 0.1) is 26.3 Å². The highest BCUT2D eigenvalue weighted by Gasteiger charge is 2.15. The molecule has 2 rings (SSSR count). The van der Waals surface area contributed by atoms with Crippen molar-refractivity contribution in [1.82, 2.24) is 9.97 Å². The fraction of sp³-hybridized carbons (Fsp3) is 0.308. The average Bonchev–Trinajstić information content (AvgIpc) is 2.46. The maximum atomic E-state index is 11.5. The predicted octanol–water partition coefficient (Wildman–Crippen LogP) is 2.22. The van der Waals surface area contributed by atoms with Crippen LogP contribution in [0.1, 0.15) is 6.92 Å². The first kappa shape index (κ1) is 13.9. The molecule has 0 radical (unpaired) electrons. The summed E-state index contributed by atoms with van der Waals surface area (Å²) in [6, 6.07) is 5.34. The molecule has 0 unspecified atom stereocenters. The molecule has 0 atom stereocenters. The summed E-state index contributed by atoms with van der Waals surface area (Å²) in [6.07, 6.45) is -0.616. The second-order valence-electron chi connectivity index (χ2n) is 3.75. The summed E-state index contributed by atoms with van der Waals surface area (Å²) in [4.78, 5) is 20.1. The lowest BCUT2D eigenvalue weighted by atomic mass is 10.3. The minimum Gasteiger partial charge on any atom is -0.494 e. The molecule has 0 bridgehead atoms. The zero-order valence-corrected chi connectivity index (χ0v) is 11.5. The molecule has 0 saturated carbocycles. The van der Waals surface area contributed by atoms with E-state index in [1.165, 1.54) is 7.11 Å². The summed E-state index contributed by atoms with van der Waals surface area (Å²) in [5.74, 6) is 0.950. The molecule has 1 heterocycles. The number of amides is 1. The van der Waals surface area contributed by atoms with Crippen LogP contribution in [0.15, 0.2) is 18.2 Å². The van der Waals surface area contributed by atoms with Crippen LogP contribution in [-0.2, 0) is 4.74 Å². The number of aromatic nitrogens is 2. The largest absolute Gasteiger partial charge is 0.494 e. The summed E-state index contributed by atoms with van der Waals surface area (Å²) >= 11 is 0. The van der Waals surface area contributed by atoms with Crippen molar-refractivity contribution >= 4 is 22.9 Å². The lowest BCUT2D eigenvalue weighted by molar-refractivity contribution is 0.167. The molecule has 2 aromatic rings. The van der Waals surface area contributed by atoms with Crippen molar-refractivity contribution < 1.29 is 19.0 Å². The SMILES string of the molecule is CCOC(=O)Nc1nc2c(OC)cccc2nc1OC. The van der Waals surface area contributed by atoms with Gasteiger partial charge in [-0.1, -0.05) is 6.07 Å². The molecule has 1 N–H and O–H groups in total. The van der Waals surface area contributed by atoms with Crippen LogP contribution in [0, 0.1) is 0 Å². The molecule has 1 aromatic carbocycles. The Morgan fingerprint density at radius 3 is 2.70 bits per heavy atom. The first-order chi connectivity index (χ1) is 9.69. The highest BCUT2D eigenvalue weighted by molar-refractivity contribution is 5.89. The topological polar surface area (TPSA) is 82.6 Å². The highest BCUT2D eigenvalue weighted by Crippen LogP contribution is 2.28. The van der Waals surface area contributed by atoms with Crippen molar-refractivity contribution in [3.8, 4) is 11.6 Å². The van der Waals surface area contributed by atoms with E-state index in [2.05, 4.69) is 15.3 Å². The number of rotatable bonds is 4. The number of ether oxygens (including phenoxy) is 3. The van der Waals surface area contributed by atoms with Crippen LogP contribution in [0.2, 0.25) is 0 Å². The average molecular weight is 277 g/mol. The van der Waals surface area contributed by atoms with Crippen LogP contribution in [0.4, 0.5) is 10.6 Å². The van der Waals surface area contributed by atoms with Gasteiger partial charge in [0, 0.05) is 0 Å². The quantitative estimate of drug-likeness (QED) is 0.922. The summed E-state index contributed by atoms with van der Waals surface area (Å²) in [5.41, 5.74) is 1.14. The van der Waals surface area contributed by atoms with Crippen LogP contribution >= 0.6 is 0 Å². The first-order valence-electron chi connectivity index (χ1n) is 6.02. The van der Waals surface area contributed by atoms with Crippen LogP contribution in [0.3, 0.4) is 0 Å². The number of carbonyl (C=O) groups is 1. The van der Waals surface area contributed by atoms with E-state index in [-0.39, 0.29) is 18.3 Å². The number of nitrogens with one attached hydrogen (secondary N) is 1. The van der Waals surface area contributed by atoms with E-state index < -0.39 is 6.09 Å². The van der Waals surface area contributed by atoms with Gasteiger partial charge in [-0.15, -0.1) is 0 Å². The van der Waals surface area contributed by atoms with Crippen molar-refractivity contribution in [2.24, 2.45) is 0 Å². The molecule has 0 spiro atoms. The Morgan fingerprint density at radius 1 is 1.25 bits per heavy atom. The number of hydrogen-bond acceptors (Lipinski definition) is 6. The Labute approximate surface area is 115 Å². The van der Waals surface area contributed by atoms with Gasteiger partial charge in [0.2, 0.25) is 0 Å². The molecule has 1 amide bonds. The normalized spacial score (nSPS) is 10.2. The number of methoxy groups -OCH3 is 2. The van der Waals surface area contributed by atoms with Gasteiger partial charge in [0.1, 0.15) is 11.3 Å². The number of benzene rings is 1. The Kier molecular flexibility index (Phi) is 4.19. The Balaban J connectivity index is 2.49. The van der Waals surface area contributed by atoms with E-state index in [1.54, 1.807) is 32.2 Å². The van der Waals surface area contributed by atoms with E-state index in [1.807, 2.05) is 0 Å². The van der Waals surface area contributed by atoms with Crippen LogP contribution in [-0.4, -0.2) is 36.9 Å². The molecule has 0 aliphatic carbocycles. The van der Waals surface area contributed by atoms with Gasteiger partial charge in [0.25, 0.3) is 5.88 Å². The van der Waals surface area contributed by atoms with Gasteiger partial charge in [-0.3, -0.25) is 5.32 Å². The lowest BCUT2D eigenvalue weighted by Gasteiger charge is -2.11. The van der Waals surface area contributed by atoms with Gasteiger partial charge in [-0.2, -0.15) is 0 Å². The van der Waals surface area contributed by atoms with Crippen molar-refractivity contribution in [3.05, 3.63) is 18.2 Å². The number of carbonyl (C=O) groups excluding carboxylic acids is 1. The van der Waals surface area contributed by atoms with E-state index in [0.717, 1.165) is 0 Å². The number of hydrogen-bond donors (Lipinski definition) is 1. The Bertz CT molecular complexity index is 630. The van der Waals surface area contributed by atoms with Gasteiger partial charge < -0.3 is 14.2 Å². The Morgan fingerprint density at radius 2 is 2.05 bits per heavy atom. The second kappa shape index (κ2) is 6.05. The zero-order chi connectivity index (χ0) is 14.5. The smallest absolute Gasteiger partial charge is 0.412 e. The molecule has 0 fully saturated rings. The third kappa shape index (κ3) is 2.71. The number of fused-ring (bicyclic) bond motifs is 1. The van der Waals surface area contributed by atoms with E-state index in [4.69, 9.17) is 14.2 Å². The minimum atomic E-state index is -0.616. The summed E-state index contributed by atoms with van der Waals surface area (Å²) < 4.78 is 15.2. The van der Waals surface area contributed by atoms with Gasteiger partial charge >= 0.3 is 6.09 Å². The summed E-state index contributed by atoms with van der Waals surface area (Å²) in [5, 5.41) is 2.49. The monoisotopic (exact) mass is 277 g/mol. The molecule has 7 heteroatoms. The van der Waals surface area contributed by atoms with Gasteiger partial charge in [-0.25, -0.2) is 14.8 Å². The van der Waals surface area contributed by atoms with Crippen molar-refractivity contribution in [2.75, 3.05) is 26.1 Å². The number of para-hydroxylation sites is 1. The standard InChI is InChI=1S/C13H15N3O4/c1-4-20-13(17)16-11-12(19-3)14-8-6-5-7-9(18-2)10(8)15-11/h5-7H,4H2,1-3H3,(H,15,16,17). The van der Waals surface area contributed by atoms with Crippen molar-refractivity contribution in [2.45, 2.75) is 6.92 Å². The van der Waals surface area contributed by atoms with E-state index in [0.29, 0.717) is 16.8 Å². The summed E-state index contributed by atoms with van der Waals surface area (Å²) in [6.45, 7) is 1.98. The fourth-order valence-corrected chi connectivity index (χ4v) is 1.69. The minimum absolute atomic E-state index is 0.183. The van der Waals surface area contributed by atoms with Crippen molar-refractivity contribution in [3.63, 3.8) is 0 Å². The lowest BCUT2D eigenvalue weighted by Crippen LogP contribution is -2.15. The maximum absolute atomic E-state index is 11.5. The molecule has 0 saturated heterocycles. The molecule has 0 aliphatic rings. The van der Waals surface area contributed by atoms with Crippen LogP contribution in [0.25, 0.3) is 11.0 Å². The number of anilines is 1. The zero-order valence-electron chi connectivity index (χ0n) is 11.5. The molecule has 106 valence electrons. The molecule has 1 aromatic heterocycles. The fourth-order valence-electron chi connectivity index (χ4n) is 1.69. The van der Waals surface area contributed by atoms with Crippen molar-refractivity contribution in [1.29, 1.82) is 0 Å². The molecule has 0 aliphatic heterocycles. The predicted molar refractivity (Wildman–Crippen MR) is 73.3 cm³/mol. The van der Waals surface area contributed by atoms with Gasteiger partial charge in [0.15, 0.2) is 5.82 Å². The maximum Gasteiger partial charge on any atom is 0.412 e. The van der Waals surface area contributed by atoms with E-state index >= 15 is 0 Å². The molecule has 20 heavy (non-hydrogen) atoms. The molecular formula is C13H15N3O4. The molecule has 7 nitrogen and oxygen atoms in total. The van der Waals surface area contributed by atoms with Crippen LogP contribution < -0.4 is 14.8 Å².